The number of nitrogens with zero attached hydrogens (tertiary/aromatic N) is 2. The Bertz CT molecular complexity index is 259. The molecule has 0 aromatic rings. The minimum Gasteiger partial charge on any atom is -0.350 e. The van der Waals surface area contributed by atoms with Gasteiger partial charge in [0.2, 0.25) is 0 Å². The van der Waals surface area contributed by atoms with E-state index in [0.717, 1.165) is 10.0 Å². The lowest BCUT2D eigenvalue weighted by Crippen LogP contribution is -2.49. The molecule has 2 atom stereocenters. The van der Waals surface area contributed by atoms with Gasteiger partial charge in [0.15, 0.2) is 0 Å². The van der Waals surface area contributed by atoms with E-state index in [4.69, 9.17) is 23.2 Å². The van der Waals surface area contributed by atoms with Crippen LogP contribution in [0.4, 0.5) is 9.59 Å². The van der Waals surface area contributed by atoms with Gasteiger partial charge in [0.1, 0.15) is 0 Å². The van der Waals surface area contributed by atoms with E-state index in [1.165, 1.54) is 0 Å². The molecule has 8 N–H and O–H groups in total. The van der Waals surface area contributed by atoms with Crippen LogP contribution >= 0.6 is 0 Å². The Hall–Kier alpha value is -1.54. The van der Waals surface area contributed by atoms with Crippen LogP contribution in [0.1, 0.15) is 20.3 Å². The summed E-state index contributed by atoms with van der Waals surface area (Å²) in [5, 5.41) is 1.87. The molecule has 0 heterocycles. The lowest BCUT2D eigenvalue weighted by Gasteiger charge is -2.26. The SMILES string of the molecule is CC(CC(C)N(N)C(N)=O)CN(N)C(N)=O. The second kappa shape index (κ2) is 6.13. The summed E-state index contributed by atoms with van der Waals surface area (Å²) in [5.74, 6) is 10.8. The van der Waals surface area contributed by atoms with Crippen molar-refractivity contribution >= 4 is 12.1 Å². The van der Waals surface area contributed by atoms with E-state index in [0.29, 0.717) is 13.0 Å². The average Bonchev–Trinajstić information content (AvgIpc) is 2.15. The number of hydrogen-bond acceptors (Lipinski definition) is 4. The number of hydrazine groups is 2. The van der Waals surface area contributed by atoms with Crippen LogP contribution in [0.25, 0.3) is 0 Å². The second-order valence-corrected chi connectivity index (χ2v) is 3.93. The van der Waals surface area contributed by atoms with Gasteiger partial charge in [0.05, 0.1) is 0 Å². The number of amides is 4. The topological polar surface area (TPSA) is 145 Å². The van der Waals surface area contributed by atoms with Crippen molar-refractivity contribution in [2.45, 2.75) is 26.3 Å². The normalized spacial score (nSPS) is 14.0. The summed E-state index contributed by atoms with van der Waals surface area (Å²) in [5.41, 5.74) is 9.99. The standard InChI is InChI=1S/C8H20N6O2/c1-5(4-13(11)7(9)15)3-6(2)14(12)8(10)16/h5-6H,3-4,11-12H2,1-2H3,(H2,9,15)(H2,10,16). The van der Waals surface area contributed by atoms with Crippen molar-refractivity contribution in [2.24, 2.45) is 29.1 Å². The molecule has 0 aliphatic carbocycles. The zero-order chi connectivity index (χ0) is 12.9. The molecule has 8 heteroatoms. The molecule has 0 aliphatic rings. The van der Waals surface area contributed by atoms with Gasteiger partial charge in [-0.15, -0.1) is 0 Å². The lowest BCUT2D eigenvalue weighted by atomic mass is 10.0. The van der Waals surface area contributed by atoms with E-state index in [2.05, 4.69) is 0 Å². The Morgan fingerprint density at radius 2 is 1.62 bits per heavy atom. The molecule has 4 amide bonds. The van der Waals surface area contributed by atoms with Crippen LogP contribution in [0, 0.1) is 5.92 Å². The van der Waals surface area contributed by atoms with Gasteiger partial charge < -0.3 is 11.5 Å². The number of carbonyl (C=O) groups excluding carboxylic acids is 2. The van der Waals surface area contributed by atoms with Crippen molar-refractivity contribution in [2.75, 3.05) is 6.54 Å². The molecule has 8 nitrogen and oxygen atoms in total. The number of nitrogens with two attached hydrogens (primary N) is 4. The molecule has 16 heavy (non-hydrogen) atoms. The summed E-state index contributed by atoms with van der Waals surface area (Å²) in [6, 6.07) is -1.62. The largest absolute Gasteiger partial charge is 0.350 e. The maximum atomic E-state index is 10.8. The van der Waals surface area contributed by atoms with E-state index in [1.807, 2.05) is 6.92 Å². The molecular formula is C8H20N6O2. The van der Waals surface area contributed by atoms with E-state index < -0.39 is 12.1 Å². The fourth-order valence-electron chi connectivity index (χ4n) is 1.41. The van der Waals surface area contributed by atoms with Crippen molar-refractivity contribution in [1.29, 1.82) is 0 Å². The lowest BCUT2D eigenvalue weighted by molar-refractivity contribution is 0.168. The van der Waals surface area contributed by atoms with E-state index in [9.17, 15) is 9.59 Å². The molecule has 0 radical (unpaired) electrons. The molecule has 94 valence electrons. The predicted octanol–water partition coefficient (Wildman–Crippen LogP) is -1.09. The molecule has 0 spiro atoms. The van der Waals surface area contributed by atoms with E-state index >= 15 is 0 Å². The van der Waals surface area contributed by atoms with E-state index in [-0.39, 0.29) is 12.0 Å². The third kappa shape index (κ3) is 4.80. The first kappa shape index (κ1) is 14.5. The molecule has 0 aromatic heterocycles. The number of urea groups is 2. The quantitative estimate of drug-likeness (QED) is 0.271. The Kier molecular flexibility index (Phi) is 5.54. The summed E-state index contributed by atoms with van der Waals surface area (Å²) in [6.07, 6.45) is 0.570. The molecule has 0 bridgehead atoms. The number of primary amides is 2. The highest BCUT2D eigenvalue weighted by molar-refractivity contribution is 5.71. The third-order valence-electron chi connectivity index (χ3n) is 2.26. The summed E-state index contributed by atoms with van der Waals surface area (Å²) in [6.45, 7) is 3.92. The van der Waals surface area contributed by atoms with Crippen LogP contribution < -0.4 is 23.2 Å². The molecule has 0 fully saturated rings. The Labute approximate surface area is 94.4 Å². The van der Waals surface area contributed by atoms with E-state index in [1.54, 1.807) is 6.92 Å². The van der Waals surface area contributed by atoms with Gasteiger partial charge in [0, 0.05) is 12.6 Å². The van der Waals surface area contributed by atoms with Crippen LogP contribution in [-0.2, 0) is 0 Å². The molecular weight excluding hydrogens is 212 g/mol. The molecule has 0 saturated carbocycles. The number of rotatable bonds is 5. The smallest absolute Gasteiger partial charge is 0.329 e. The van der Waals surface area contributed by atoms with Crippen molar-refractivity contribution in [3.05, 3.63) is 0 Å². The minimum absolute atomic E-state index is 0.0536. The van der Waals surface area contributed by atoms with Gasteiger partial charge in [-0.2, -0.15) is 0 Å². The van der Waals surface area contributed by atoms with Crippen LogP contribution in [0.2, 0.25) is 0 Å². The van der Waals surface area contributed by atoms with Crippen molar-refractivity contribution < 1.29 is 9.59 Å². The fraction of sp³-hybridized carbons (Fsp3) is 0.750. The second-order valence-electron chi connectivity index (χ2n) is 3.93. The highest BCUT2D eigenvalue weighted by Crippen LogP contribution is 2.09. The number of hydrogen-bond donors (Lipinski definition) is 4. The Morgan fingerprint density at radius 1 is 1.12 bits per heavy atom. The fourth-order valence-corrected chi connectivity index (χ4v) is 1.41. The van der Waals surface area contributed by atoms with Gasteiger partial charge in [-0.05, 0) is 19.3 Å². The zero-order valence-electron chi connectivity index (χ0n) is 9.59. The Morgan fingerprint density at radius 3 is 2.00 bits per heavy atom. The summed E-state index contributed by atoms with van der Waals surface area (Å²) >= 11 is 0. The summed E-state index contributed by atoms with van der Waals surface area (Å²) in [4.78, 5) is 21.4. The predicted molar refractivity (Wildman–Crippen MR) is 59.3 cm³/mol. The molecule has 0 aliphatic heterocycles. The van der Waals surface area contributed by atoms with Crippen molar-refractivity contribution in [1.82, 2.24) is 10.0 Å². The van der Waals surface area contributed by atoms with Crippen LogP contribution in [0.5, 0.6) is 0 Å². The van der Waals surface area contributed by atoms with Crippen LogP contribution in [-0.4, -0.2) is 34.7 Å². The average molecular weight is 232 g/mol. The first-order valence-corrected chi connectivity index (χ1v) is 4.90. The highest BCUT2D eigenvalue weighted by Gasteiger charge is 2.18. The first-order chi connectivity index (χ1) is 7.25. The third-order valence-corrected chi connectivity index (χ3v) is 2.26. The maximum absolute atomic E-state index is 10.8. The summed E-state index contributed by atoms with van der Waals surface area (Å²) < 4.78 is 0. The molecule has 2 unspecified atom stereocenters. The van der Waals surface area contributed by atoms with Gasteiger partial charge >= 0.3 is 12.1 Å². The zero-order valence-corrected chi connectivity index (χ0v) is 9.59. The van der Waals surface area contributed by atoms with Crippen molar-refractivity contribution in [3.63, 3.8) is 0 Å². The first-order valence-electron chi connectivity index (χ1n) is 4.90. The van der Waals surface area contributed by atoms with Crippen LogP contribution in [0.3, 0.4) is 0 Å². The Balaban J connectivity index is 4.09. The molecule has 0 aromatic carbocycles. The van der Waals surface area contributed by atoms with Crippen LogP contribution in [0.15, 0.2) is 0 Å². The van der Waals surface area contributed by atoms with Crippen molar-refractivity contribution in [3.8, 4) is 0 Å². The van der Waals surface area contributed by atoms with Gasteiger partial charge in [-0.1, -0.05) is 6.92 Å². The monoisotopic (exact) mass is 232 g/mol. The van der Waals surface area contributed by atoms with Gasteiger partial charge in [-0.3, -0.25) is 10.0 Å². The summed E-state index contributed by atoms with van der Waals surface area (Å²) in [7, 11) is 0. The van der Waals surface area contributed by atoms with Gasteiger partial charge in [-0.25, -0.2) is 21.3 Å². The maximum Gasteiger partial charge on any atom is 0.329 e. The highest BCUT2D eigenvalue weighted by atomic mass is 16.2. The van der Waals surface area contributed by atoms with Gasteiger partial charge in [0.25, 0.3) is 0 Å². The minimum atomic E-state index is -0.695. The molecule has 0 saturated heterocycles. The molecule has 0 rings (SSSR count). The number of carbonyl (C=O) groups is 2.